The number of carbonyl (C=O) groups excluding carboxylic acids is 1. The molecule has 1 atom stereocenters. The first-order valence-electron chi connectivity index (χ1n) is 8.81. The molecule has 0 radical (unpaired) electrons. The maximum Gasteiger partial charge on any atom is 0.224 e. The van der Waals surface area contributed by atoms with Gasteiger partial charge in [-0.05, 0) is 35.7 Å². The van der Waals surface area contributed by atoms with Gasteiger partial charge in [-0.25, -0.2) is 4.39 Å². The smallest absolute Gasteiger partial charge is 0.224 e. The summed E-state index contributed by atoms with van der Waals surface area (Å²) in [7, 11) is 0. The van der Waals surface area contributed by atoms with Gasteiger partial charge in [0.2, 0.25) is 5.91 Å². The van der Waals surface area contributed by atoms with E-state index in [1.165, 1.54) is 12.1 Å². The van der Waals surface area contributed by atoms with Crippen molar-refractivity contribution in [3.8, 4) is 0 Å². The van der Waals surface area contributed by atoms with Gasteiger partial charge in [0.15, 0.2) is 0 Å². The van der Waals surface area contributed by atoms with Crippen LogP contribution in [0.2, 0.25) is 0 Å². The number of hydrogen-bond donors (Lipinski definition) is 0. The predicted molar refractivity (Wildman–Crippen MR) is 94.2 cm³/mol. The van der Waals surface area contributed by atoms with Crippen molar-refractivity contribution < 1.29 is 13.6 Å². The van der Waals surface area contributed by atoms with Gasteiger partial charge in [0.1, 0.15) is 11.6 Å². The van der Waals surface area contributed by atoms with Gasteiger partial charge in [0.25, 0.3) is 0 Å². The lowest BCUT2D eigenvalue weighted by Gasteiger charge is -2.34. The van der Waals surface area contributed by atoms with Gasteiger partial charge in [0, 0.05) is 32.1 Å². The number of hydrogen-bond acceptors (Lipinski definition) is 3. The Labute approximate surface area is 148 Å². The van der Waals surface area contributed by atoms with E-state index in [0.717, 1.165) is 24.4 Å². The fourth-order valence-electron chi connectivity index (χ4n) is 3.37. The van der Waals surface area contributed by atoms with Crippen molar-refractivity contribution in [2.75, 3.05) is 13.1 Å². The number of benzene rings is 1. The first-order valence-corrected chi connectivity index (χ1v) is 8.81. The molecule has 0 bridgehead atoms. The molecule has 0 N–H and O–H groups in total. The van der Waals surface area contributed by atoms with Crippen LogP contribution in [0.25, 0.3) is 0 Å². The Balaban J connectivity index is 1.76. The summed E-state index contributed by atoms with van der Waals surface area (Å²) in [5.41, 5.74) is 0.958. The molecular formula is C20H25FN2O2. The SMILES string of the molecule is CC(C)[C@@H]1CN(Cc2ccco2)CCC(=O)N1Cc1ccc(F)cc1. The van der Waals surface area contributed by atoms with Crippen LogP contribution in [0, 0.1) is 11.7 Å². The van der Waals surface area contributed by atoms with E-state index < -0.39 is 0 Å². The molecule has 1 saturated heterocycles. The molecule has 1 aromatic heterocycles. The molecule has 134 valence electrons. The zero-order chi connectivity index (χ0) is 17.8. The van der Waals surface area contributed by atoms with Gasteiger partial charge >= 0.3 is 0 Å². The van der Waals surface area contributed by atoms with Gasteiger partial charge < -0.3 is 9.32 Å². The highest BCUT2D eigenvalue weighted by Crippen LogP contribution is 2.22. The second kappa shape index (κ2) is 7.83. The third-order valence-electron chi connectivity index (χ3n) is 4.80. The van der Waals surface area contributed by atoms with Crippen LogP contribution in [0.3, 0.4) is 0 Å². The zero-order valence-corrected chi connectivity index (χ0v) is 14.8. The third-order valence-corrected chi connectivity index (χ3v) is 4.80. The number of amides is 1. The fourth-order valence-corrected chi connectivity index (χ4v) is 3.37. The Morgan fingerprint density at radius 1 is 1.20 bits per heavy atom. The quantitative estimate of drug-likeness (QED) is 0.830. The van der Waals surface area contributed by atoms with Gasteiger partial charge in [0.05, 0.1) is 12.8 Å². The Kier molecular flexibility index (Phi) is 5.53. The summed E-state index contributed by atoms with van der Waals surface area (Å²) in [6.07, 6.45) is 2.17. The van der Waals surface area contributed by atoms with Gasteiger partial charge in [-0.1, -0.05) is 26.0 Å². The third kappa shape index (κ3) is 4.48. The van der Waals surface area contributed by atoms with Crippen LogP contribution in [0.4, 0.5) is 4.39 Å². The number of halogens is 1. The summed E-state index contributed by atoms with van der Waals surface area (Å²) in [5, 5.41) is 0. The Hall–Kier alpha value is -2.14. The first kappa shape index (κ1) is 17.7. The molecule has 1 aromatic carbocycles. The van der Waals surface area contributed by atoms with Crippen molar-refractivity contribution in [1.29, 1.82) is 0 Å². The lowest BCUT2D eigenvalue weighted by Crippen LogP contribution is -2.45. The largest absolute Gasteiger partial charge is 0.468 e. The number of carbonyl (C=O) groups is 1. The first-order chi connectivity index (χ1) is 12.0. The average Bonchev–Trinajstić information content (AvgIpc) is 3.04. The van der Waals surface area contributed by atoms with Crippen LogP contribution in [-0.4, -0.2) is 34.8 Å². The lowest BCUT2D eigenvalue weighted by atomic mass is 10.0. The highest BCUT2D eigenvalue weighted by Gasteiger charge is 2.31. The molecule has 25 heavy (non-hydrogen) atoms. The minimum Gasteiger partial charge on any atom is -0.468 e. The molecule has 2 heterocycles. The topological polar surface area (TPSA) is 36.7 Å². The van der Waals surface area contributed by atoms with E-state index in [2.05, 4.69) is 18.7 Å². The van der Waals surface area contributed by atoms with Crippen molar-refractivity contribution in [3.63, 3.8) is 0 Å². The summed E-state index contributed by atoms with van der Waals surface area (Å²) in [6.45, 7) is 7.07. The summed E-state index contributed by atoms with van der Waals surface area (Å²) < 4.78 is 18.6. The van der Waals surface area contributed by atoms with Crippen molar-refractivity contribution in [3.05, 3.63) is 59.8 Å². The van der Waals surface area contributed by atoms with Crippen LogP contribution in [-0.2, 0) is 17.9 Å². The normalized spacial score (nSPS) is 19.4. The molecule has 1 fully saturated rings. The van der Waals surface area contributed by atoms with E-state index in [-0.39, 0.29) is 17.8 Å². The highest BCUT2D eigenvalue weighted by atomic mass is 19.1. The molecule has 1 aliphatic rings. The lowest BCUT2D eigenvalue weighted by molar-refractivity contribution is -0.134. The van der Waals surface area contributed by atoms with Crippen molar-refractivity contribution in [2.24, 2.45) is 5.92 Å². The van der Waals surface area contributed by atoms with Gasteiger partial charge in [-0.3, -0.25) is 9.69 Å². The minimum absolute atomic E-state index is 0.120. The van der Waals surface area contributed by atoms with E-state index >= 15 is 0 Å². The van der Waals surface area contributed by atoms with E-state index in [9.17, 15) is 9.18 Å². The standard InChI is InChI=1S/C20H25FN2O2/c1-15(2)19-14-22(13-18-4-3-11-25-18)10-9-20(24)23(19)12-16-5-7-17(21)8-6-16/h3-8,11,15,19H,9-10,12-14H2,1-2H3/t19-/m0/s1. The summed E-state index contributed by atoms with van der Waals surface area (Å²) in [4.78, 5) is 17.0. The molecule has 1 aliphatic heterocycles. The van der Waals surface area contributed by atoms with Gasteiger partial charge in [-0.15, -0.1) is 0 Å². The summed E-state index contributed by atoms with van der Waals surface area (Å²) >= 11 is 0. The fraction of sp³-hybridized carbons (Fsp3) is 0.450. The van der Waals surface area contributed by atoms with Crippen molar-refractivity contribution in [2.45, 2.75) is 39.4 Å². The number of rotatable bonds is 5. The van der Waals surface area contributed by atoms with Crippen LogP contribution in [0.1, 0.15) is 31.6 Å². The molecule has 3 rings (SSSR count). The Morgan fingerprint density at radius 3 is 2.60 bits per heavy atom. The minimum atomic E-state index is -0.254. The predicted octanol–water partition coefficient (Wildman–Crippen LogP) is 3.68. The molecule has 0 aliphatic carbocycles. The average molecular weight is 344 g/mol. The maximum atomic E-state index is 13.1. The van der Waals surface area contributed by atoms with E-state index in [4.69, 9.17) is 4.42 Å². The number of furan rings is 1. The molecule has 4 nitrogen and oxygen atoms in total. The monoisotopic (exact) mass is 344 g/mol. The summed E-state index contributed by atoms with van der Waals surface area (Å²) in [5.74, 6) is 1.16. The molecule has 1 amide bonds. The van der Waals surface area contributed by atoms with Crippen LogP contribution in [0.15, 0.2) is 47.1 Å². The van der Waals surface area contributed by atoms with Crippen LogP contribution >= 0.6 is 0 Å². The Morgan fingerprint density at radius 2 is 1.96 bits per heavy atom. The molecule has 0 unspecified atom stereocenters. The molecule has 2 aromatic rings. The van der Waals surface area contributed by atoms with Crippen LogP contribution < -0.4 is 0 Å². The van der Waals surface area contributed by atoms with E-state index in [0.29, 0.717) is 25.4 Å². The summed E-state index contributed by atoms with van der Waals surface area (Å²) in [6, 6.07) is 10.4. The number of nitrogens with zero attached hydrogens (tertiary/aromatic N) is 2. The van der Waals surface area contributed by atoms with E-state index in [1.54, 1.807) is 18.4 Å². The Bertz CT molecular complexity index is 682. The second-order valence-corrected chi connectivity index (χ2v) is 7.02. The second-order valence-electron chi connectivity index (χ2n) is 7.02. The maximum absolute atomic E-state index is 13.1. The van der Waals surface area contributed by atoms with Gasteiger partial charge in [-0.2, -0.15) is 0 Å². The van der Waals surface area contributed by atoms with Crippen molar-refractivity contribution in [1.82, 2.24) is 9.80 Å². The molecule has 5 heteroatoms. The van der Waals surface area contributed by atoms with Crippen molar-refractivity contribution >= 4 is 5.91 Å². The highest BCUT2D eigenvalue weighted by molar-refractivity contribution is 5.77. The molecular weight excluding hydrogens is 319 g/mol. The van der Waals surface area contributed by atoms with Crippen LogP contribution in [0.5, 0.6) is 0 Å². The molecule has 0 saturated carbocycles. The van der Waals surface area contributed by atoms with E-state index in [1.807, 2.05) is 17.0 Å². The zero-order valence-electron chi connectivity index (χ0n) is 14.8. The molecule has 0 spiro atoms.